The van der Waals surface area contributed by atoms with E-state index in [1.54, 1.807) is 17.6 Å². The first-order valence-corrected chi connectivity index (χ1v) is 7.65. The molecule has 0 fully saturated rings. The zero-order chi connectivity index (χ0) is 14.7. The van der Waals surface area contributed by atoms with Gasteiger partial charge in [0, 0.05) is 17.8 Å². The van der Waals surface area contributed by atoms with Gasteiger partial charge in [0.25, 0.3) is 0 Å². The molecule has 3 heterocycles. The van der Waals surface area contributed by atoms with Crippen LogP contribution in [0.3, 0.4) is 0 Å². The lowest BCUT2D eigenvalue weighted by Gasteiger charge is -2.07. The number of fused-ring (bicyclic) bond motifs is 1. The Kier molecular flexibility index (Phi) is 4.03. The minimum absolute atomic E-state index is 0.424. The largest absolute Gasteiger partial charge is 0.469 e. The summed E-state index contributed by atoms with van der Waals surface area (Å²) in [7, 11) is 0. The molecule has 21 heavy (non-hydrogen) atoms. The first-order chi connectivity index (χ1) is 10.3. The van der Waals surface area contributed by atoms with Gasteiger partial charge < -0.3 is 9.73 Å². The number of hydrogen-bond donors (Lipinski definition) is 3. The molecule has 0 saturated heterocycles. The predicted octanol–water partition coefficient (Wildman–Crippen LogP) is 2.79. The smallest absolute Gasteiger partial charge is 0.240 e. The maximum Gasteiger partial charge on any atom is 0.240 e. The quantitative estimate of drug-likeness (QED) is 0.479. The maximum atomic E-state index is 5.44. The number of thiophene rings is 1. The van der Waals surface area contributed by atoms with Crippen molar-refractivity contribution < 1.29 is 4.42 Å². The fourth-order valence-electron chi connectivity index (χ4n) is 2.10. The van der Waals surface area contributed by atoms with E-state index in [-0.39, 0.29) is 0 Å². The molecule has 3 rings (SSSR count). The van der Waals surface area contributed by atoms with E-state index in [9.17, 15) is 0 Å². The van der Waals surface area contributed by atoms with E-state index in [4.69, 9.17) is 10.3 Å². The number of rotatable bonds is 6. The summed E-state index contributed by atoms with van der Waals surface area (Å²) < 4.78 is 5.32. The SMILES string of the molecule is CCc1cc2c(NCCc3ccco3)nc(NN)nc2s1. The van der Waals surface area contributed by atoms with Crippen molar-refractivity contribution >= 4 is 33.3 Å². The molecule has 7 heteroatoms. The highest BCUT2D eigenvalue weighted by atomic mass is 32.1. The molecule has 0 amide bonds. The van der Waals surface area contributed by atoms with Gasteiger partial charge in [0.15, 0.2) is 0 Å². The zero-order valence-corrected chi connectivity index (χ0v) is 12.5. The maximum absolute atomic E-state index is 5.44. The lowest BCUT2D eigenvalue weighted by molar-refractivity contribution is 0.513. The highest BCUT2D eigenvalue weighted by Crippen LogP contribution is 2.30. The van der Waals surface area contributed by atoms with Gasteiger partial charge in [0.05, 0.1) is 11.6 Å². The van der Waals surface area contributed by atoms with Crippen LogP contribution in [0.5, 0.6) is 0 Å². The van der Waals surface area contributed by atoms with Crippen LogP contribution in [0.15, 0.2) is 28.9 Å². The van der Waals surface area contributed by atoms with Crippen molar-refractivity contribution in [2.45, 2.75) is 19.8 Å². The molecule has 3 aromatic heterocycles. The van der Waals surface area contributed by atoms with Crippen molar-refractivity contribution in [3.63, 3.8) is 0 Å². The number of nitrogens with zero attached hydrogens (tertiary/aromatic N) is 2. The minimum atomic E-state index is 0.424. The van der Waals surface area contributed by atoms with Crippen LogP contribution in [0.4, 0.5) is 11.8 Å². The van der Waals surface area contributed by atoms with Crippen LogP contribution in [0.2, 0.25) is 0 Å². The highest BCUT2D eigenvalue weighted by molar-refractivity contribution is 7.18. The second-order valence-electron chi connectivity index (χ2n) is 4.58. The summed E-state index contributed by atoms with van der Waals surface area (Å²) in [5.41, 5.74) is 2.52. The van der Waals surface area contributed by atoms with Crippen LogP contribution >= 0.6 is 11.3 Å². The lowest BCUT2D eigenvalue weighted by Crippen LogP contribution is -2.13. The average Bonchev–Trinajstić information content (AvgIpc) is 3.15. The summed E-state index contributed by atoms with van der Waals surface area (Å²) in [6.45, 7) is 2.87. The van der Waals surface area contributed by atoms with Gasteiger partial charge in [-0.1, -0.05) is 6.92 Å². The molecule has 0 aliphatic rings. The summed E-state index contributed by atoms with van der Waals surface area (Å²) >= 11 is 1.67. The molecule has 4 N–H and O–H groups in total. The van der Waals surface area contributed by atoms with Crippen LogP contribution in [0, 0.1) is 0 Å². The summed E-state index contributed by atoms with van der Waals surface area (Å²) in [5.74, 6) is 7.62. The van der Waals surface area contributed by atoms with Gasteiger partial charge in [-0.2, -0.15) is 4.98 Å². The van der Waals surface area contributed by atoms with E-state index < -0.39 is 0 Å². The number of anilines is 2. The van der Waals surface area contributed by atoms with Crippen LogP contribution < -0.4 is 16.6 Å². The zero-order valence-electron chi connectivity index (χ0n) is 11.7. The third-order valence-electron chi connectivity index (χ3n) is 3.17. The van der Waals surface area contributed by atoms with Gasteiger partial charge in [-0.05, 0) is 24.6 Å². The lowest BCUT2D eigenvalue weighted by atomic mass is 10.3. The fraction of sp³-hybridized carbons (Fsp3) is 0.286. The molecular weight excluding hydrogens is 286 g/mol. The number of hydrogen-bond acceptors (Lipinski definition) is 7. The summed E-state index contributed by atoms with van der Waals surface area (Å²) in [4.78, 5) is 11.0. The Bertz CT molecular complexity index is 722. The molecule has 0 aliphatic heterocycles. The Balaban J connectivity index is 1.83. The summed E-state index contributed by atoms with van der Waals surface area (Å²) in [6.07, 6.45) is 3.47. The number of nitrogen functional groups attached to an aromatic ring is 1. The fourth-order valence-corrected chi connectivity index (χ4v) is 3.07. The van der Waals surface area contributed by atoms with Crippen molar-refractivity contribution in [3.05, 3.63) is 35.1 Å². The van der Waals surface area contributed by atoms with E-state index in [0.717, 1.165) is 41.2 Å². The number of nitrogens with one attached hydrogen (secondary N) is 2. The standard InChI is InChI=1S/C14H17N5OS/c1-2-10-8-11-12(16-6-5-9-4-3-7-20-9)17-14(19-15)18-13(11)21-10/h3-4,7-8H,2,5-6,15H2,1H3,(H2,16,17,18,19). The molecule has 0 saturated carbocycles. The first-order valence-electron chi connectivity index (χ1n) is 6.83. The number of hydrazine groups is 1. The van der Waals surface area contributed by atoms with E-state index in [2.05, 4.69) is 33.7 Å². The average molecular weight is 303 g/mol. The van der Waals surface area contributed by atoms with Gasteiger partial charge >= 0.3 is 0 Å². The molecule has 0 radical (unpaired) electrons. The second-order valence-corrected chi connectivity index (χ2v) is 5.70. The van der Waals surface area contributed by atoms with E-state index in [1.807, 2.05) is 12.1 Å². The van der Waals surface area contributed by atoms with Gasteiger partial charge in [-0.15, -0.1) is 11.3 Å². The Hall–Kier alpha value is -2.12. The molecule has 0 aliphatic carbocycles. The molecule has 110 valence electrons. The molecular formula is C14H17N5OS. The molecule has 0 aromatic carbocycles. The Morgan fingerprint density at radius 3 is 3.00 bits per heavy atom. The molecule has 0 unspecified atom stereocenters. The Morgan fingerprint density at radius 2 is 2.29 bits per heavy atom. The Labute approximate surface area is 126 Å². The molecule has 6 nitrogen and oxygen atoms in total. The minimum Gasteiger partial charge on any atom is -0.469 e. The molecule has 0 bridgehead atoms. The first kappa shape index (κ1) is 13.8. The molecule has 0 spiro atoms. The van der Waals surface area contributed by atoms with Gasteiger partial charge in [0.2, 0.25) is 5.95 Å². The summed E-state index contributed by atoms with van der Waals surface area (Å²) in [5, 5.41) is 4.38. The monoisotopic (exact) mass is 303 g/mol. The highest BCUT2D eigenvalue weighted by Gasteiger charge is 2.11. The van der Waals surface area contributed by atoms with Crippen molar-refractivity contribution in [2.75, 3.05) is 17.3 Å². The normalized spacial score (nSPS) is 11.0. The van der Waals surface area contributed by atoms with Crippen molar-refractivity contribution in [3.8, 4) is 0 Å². The van der Waals surface area contributed by atoms with Gasteiger partial charge in [-0.25, -0.2) is 10.8 Å². The molecule has 3 aromatic rings. The van der Waals surface area contributed by atoms with Crippen molar-refractivity contribution in [2.24, 2.45) is 5.84 Å². The van der Waals surface area contributed by atoms with Crippen LogP contribution in [0.25, 0.3) is 10.2 Å². The van der Waals surface area contributed by atoms with Crippen molar-refractivity contribution in [1.29, 1.82) is 0 Å². The van der Waals surface area contributed by atoms with Crippen LogP contribution in [-0.4, -0.2) is 16.5 Å². The predicted molar refractivity (Wildman–Crippen MR) is 85.5 cm³/mol. The van der Waals surface area contributed by atoms with Gasteiger partial charge in [0.1, 0.15) is 16.4 Å². The van der Waals surface area contributed by atoms with E-state index in [1.165, 1.54) is 4.88 Å². The van der Waals surface area contributed by atoms with E-state index >= 15 is 0 Å². The topological polar surface area (TPSA) is 89.0 Å². The van der Waals surface area contributed by atoms with Crippen molar-refractivity contribution in [1.82, 2.24) is 9.97 Å². The summed E-state index contributed by atoms with van der Waals surface area (Å²) in [6, 6.07) is 5.99. The van der Waals surface area contributed by atoms with E-state index in [0.29, 0.717) is 5.95 Å². The number of aromatic nitrogens is 2. The molecule has 0 atom stereocenters. The van der Waals surface area contributed by atoms with Crippen LogP contribution in [0.1, 0.15) is 17.6 Å². The number of aryl methyl sites for hydroxylation is 1. The third kappa shape index (κ3) is 2.98. The number of nitrogens with two attached hydrogens (primary N) is 1. The second kappa shape index (κ2) is 6.11. The van der Waals surface area contributed by atoms with Gasteiger partial charge in [-0.3, -0.25) is 5.43 Å². The third-order valence-corrected chi connectivity index (χ3v) is 4.34. The van der Waals surface area contributed by atoms with Crippen LogP contribution in [-0.2, 0) is 12.8 Å². The Morgan fingerprint density at radius 1 is 1.38 bits per heavy atom. The number of furan rings is 1.